The van der Waals surface area contributed by atoms with Gasteiger partial charge in [0.2, 0.25) is 0 Å². The maximum Gasteiger partial charge on any atom is 0.417 e. The minimum absolute atomic E-state index is 0.201. The fourth-order valence-electron chi connectivity index (χ4n) is 2.76. The van der Waals surface area contributed by atoms with Crippen LogP contribution in [0.3, 0.4) is 0 Å². The van der Waals surface area contributed by atoms with Crippen LogP contribution in [0.15, 0.2) is 65.9 Å². The molecule has 31 heavy (non-hydrogen) atoms. The molecule has 5 nitrogen and oxygen atoms in total. The summed E-state index contributed by atoms with van der Waals surface area (Å²) in [5.74, 6) is 1.39. The molecule has 0 saturated heterocycles. The monoisotopic (exact) mass is 429 g/mol. The van der Waals surface area contributed by atoms with Gasteiger partial charge in [-0.1, -0.05) is 29.8 Å². The maximum absolute atomic E-state index is 12.6. The highest BCUT2D eigenvalue weighted by atomic mass is 19.4. The zero-order valence-corrected chi connectivity index (χ0v) is 17.1. The van der Waals surface area contributed by atoms with Gasteiger partial charge in [-0.2, -0.15) is 18.3 Å². The minimum atomic E-state index is -4.42. The number of hydrazone groups is 1. The first kappa shape index (κ1) is 22.1. The van der Waals surface area contributed by atoms with Crippen LogP contribution >= 0.6 is 0 Å². The van der Waals surface area contributed by atoms with Crippen LogP contribution in [0.4, 0.5) is 19.0 Å². The topological polar surface area (TPSA) is 55.7 Å². The quantitative estimate of drug-likeness (QED) is 0.361. The molecule has 8 heteroatoms. The first-order valence-electron chi connectivity index (χ1n) is 9.62. The molecule has 0 aliphatic carbocycles. The third-order valence-corrected chi connectivity index (χ3v) is 4.23. The van der Waals surface area contributed by atoms with Crippen molar-refractivity contribution in [1.82, 2.24) is 4.98 Å². The average Bonchev–Trinajstić information content (AvgIpc) is 2.73. The molecule has 0 aliphatic heterocycles. The van der Waals surface area contributed by atoms with E-state index in [1.165, 1.54) is 12.3 Å². The van der Waals surface area contributed by atoms with Crippen molar-refractivity contribution in [1.29, 1.82) is 0 Å². The van der Waals surface area contributed by atoms with Gasteiger partial charge in [0.15, 0.2) is 11.5 Å². The second-order valence-electron chi connectivity index (χ2n) is 6.72. The Bertz CT molecular complexity index is 1030. The lowest BCUT2D eigenvalue weighted by Crippen LogP contribution is -2.05. The Balaban J connectivity index is 1.65. The Morgan fingerprint density at radius 1 is 1.03 bits per heavy atom. The molecule has 3 aromatic rings. The molecular weight excluding hydrogens is 407 g/mol. The van der Waals surface area contributed by atoms with Crippen LogP contribution in [-0.4, -0.2) is 17.8 Å². The van der Waals surface area contributed by atoms with Gasteiger partial charge in [-0.25, -0.2) is 4.98 Å². The second-order valence-corrected chi connectivity index (χ2v) is 6.72. The fourth-order valence-corrected chi connectivity index (χ4v) is 2.76. The summed E-state index contributed by atoms with van der Waals surface area (Å²) < 4.78 is 49.3. The molecule has 0 spiro atoms. The molecule has 1 aromatic heterocycles. The predicted octanol–water partition coefficient (Wildman–Crippen LogP) is 5.83. The van der Waals surface area contributed by atoms with Crippen LogP contribution in [-0.2, 0) is 12.8 Å². The summed E-state index contributed by atoms with van der Waals surface area (Å²) in [6, 6.07) is 15.6. The van der Waals surface area contributed by atoms with E-state index in [9.17, 15) is 13.2 Å². The van der Waals surface area contributed by atoms with E-state index in [1.54, 1.807) is 18.2 Å². The Morgan fingerprint density at radius 3 is 2.55 bits per heavy atom. The van der Waals surface area contributed by atoms with Gasteiger partial charge in [0.05, 0.1) is 18.4 Å². The molecular formula is C23H22F3N3O2. The van der Waals surface area contributed by atoms with Crippen molar-refractivity contribution in [2.75, 3.05) is 12.0 Å². The molecule has 162 valence electrons. The van der Waals surface area contributed by atoms with E-state index < -0.39 is 11.7 Å². The van der Waals surface area contributed by atoms with Crippen LogP contribution < -0.4 is 14.9 Å². The number of halogens is 3. The van der Waals surface area contributed by atoms with Crippen molar-refractivity contribution in [3.8, 4) is 11.5 Å². The van der Waals surface area contributed by atoms with Crippen molar-refractivity contribution in [3.05, 3.63) is 83.0 Å². The van der Waals surface area contributed by atoms with Crippen molar-refractivity contribution >= 4 is 12.0 Å². The summed E-state index contributed by atoms with van der Waals surface area (Å²) >= 11 is 0. The number of aromatic nitrogens is 1. The van der Waals surface area contributed by atoms with E-state index in [0.717, 1.165) is 29.0 Å². The van der Waals surface area contributed by atoms with E-state index in [1.807, 2.05) is 32.0 Å². The molecule has 1 N–H and O–H groups in total. The number of rotatable bonds is 8. The van der Waals surface area contributed by atoms with Gasteiger partial charge in [-0.3, -0.25) is 5.43 Å². The van der Waals surface area contributed by atoms with Gasteiger partial charge < -0.3 is 9.47 Å². The number of benzene rings is 2. The number of hydrogen-bond acceptors (Lipinski definition) is 5. The smallest absolute Gasteiger partial charge is 0.417 e. The lowest BCUT2D eigenvalue weighted by atomic mass is 10.1. The van der Waals surface area contributed by atoms with Gasteiger partial charge in [-0.15, -0.1) is 0 Å². The molecule has 1 heterocycles. The van der Waals surface area contributed by atoms with Crippen molar-refractivity contribution in [2.45, 2.75) is 26.6 Å². The number of pyridine rings is 1. The first-order valence-corrected chi connectivity index (χ1v) is 9.62. The summed E-state index contributed by atoms with van der Waals surface area (Å²) in [5, 5.41) is 4.02. The number of anilines is 1. The van der Waals surface area contributed by atoms with Crippen LogP contribution in [0.1, 0.15) is 29.2 Å². The van der Waals surface area contributed by atoms with E-state index in [4.69, 9.17) is 9.47 Å². The number of nitrogens with one attached hydrogen (secondary N) is 1. The van der Waals surface area contributed by atoms with Gasteiger partial charge in [0.25, 0.3) is 0 Å². The lowest BCUT2D eigenvalue weighted by molar-refractivity contribution is -0.137. The van der Waals surface area contributed by atoms with Crippen LogP contribution in [0, 0.1) is 6.92 Å². The molecule has 3 rings (SSSR count). The highest BCUT2D eigenvalue weighted by Crippen LogP contribution is 2.30. The normalized spacial score (nSPS) is 11.5. The van der Waals surface area contributed by atoms with E-state index in [-0.39, 0.29) is 5.82 Å². The number of aryl methyl sites for hydroxylation is 1. The molecule has 0 radical (unpaired) electrons. The number of ether oxygens (including phenoxy) is 2. The average molecular weight is 429 g/mol. The fraction of sp³-hybridized carbons (Fsp3) is 0.217. The largest absolute Gasteiger partial charge is 0.490 e. The highest BCUT2D eigenvalue weighted by molar-refractivity contribution is 5.81. The standard InChI is InChI=1S/C23H22F3N3O2/c1-3-30-21-12-17(7-9-20(21)31-15-18-6-4-5-16(2)11-18)13-28-29-22-10-8-19(14-27-22)23(24,25)26/h4-14H,3,15H2,1-2H3,(H,27,29)/b28-13-. The van der Waals surface area contributed by atoms with Crippen molar-refractivity contribution in [2.24, 2.45) is 5.10 Å². The SMILES string of the molecule is CCOc1cc(/C=N\Nc2ccc(C(F)(F)F)cn2)ccc1OCc1cccc(C)c1. The zero-order valence-electron chi connectivity index (χ0n) is 17.1. The Kier molecular flexibility index (Phi) is 7.12. The van der Waals surface area contributed by atoms with Crippen LogP contribution in [0.5, 0.6) is 11.5 Å². The molecule has 2 aromatic carbocycles. The summed E-state index contributed by atoms with van der Waals surface area (Å²) in [6.07, 6.45) is -2.15. The summed E-state index contributed by atoms with van der Waals surface area (Å²) in [5.41, 5.74) is 4.74. The maximum atomic E-state index is 12.6. The predicted molar refractivity (Wildman–Crippen MR) is 114 cm³/mol. The Labute approximate surface area is 178 Å². The van der Waals surface area contributed by atoms with Gasteiger partial charge in [-0.05, 0) is 55.3 Å². The van der Waals surface area contributed by atoms with Crippen LogP contribution in [0.25, 0.3) is 0 Å². The van der Waals surface area contributed by atoms with Gasteiger partial charge in [0, 0.05) is 6.20 Å². The van der Waals surface area contributed by atoms with Gasteiger partial charge >= 0.3 is 6.18 Å². The molecule has 0 saturated carbocycles. The second kappa shape index (κ2) is 9.97. The van der Waals surface area contributed by atoms with Crippen molar-refractivity contribution in [3.63, 3.8) is 0 Å². The van der Waals surface area contributed by atoms with Gasteiger partial charge in [0.1, 0.15) is 12.4 Å². The molecule has 0 aliphatic rings. The number of hydrogen-bond donors (Lipinski definition) is 1. The molecule has 0 amide bonds. The minimum Gasteiger partial charge on any atom is -0.490 e. The third kappa shape index (κ3) is 6.47. The summed E-state index contributed by atoms with van der Waals surface area (Å²) in [4.78, 5) is 3.71. The molecule has 0 atom stereocenters. The van der Waals surface area contributed by atoms with E-state index >= 15 is 0 Å². The summed E-state index contributed by atoms with van der Waals surface area (Å²) in [7, 11) is 0. The third-order valence-electron chi connectivity index (χ3n) is 4.23. The Hall–Kier alpha value is -3.55. The Morgan fingerprint density at radius 2 is 1.87 bits per heavy atom. The lowest BCUT2D eigenvalue weighted by Gasteiger charge is -2.13. The zero-order chi connectivity index (χ0) is 22.3. The highest BCUT2D eigenvalue weighted by Gasteiger charge is 2.30. The number of nitrogens with zero attached hydrogens (tertiary/aromatic N) is 2. The molecule has 0 bridgehead atoms. The van der Waals surface area contributed by atoms with Crippen molar-refractivity contribution < 1.29 is 22.6 Å². The first-order chi connectivity index (χ1) is 14.8. The van der Waals surface area contributed by atoms with E-state index in [0.29, 0.717) is 24.7 Å². The number of alkyl halides is 3. The molecule has 0 fully saturated rings. The van der Waals surface area contributed by atoms with Crippen LogP contribution in [0.2, 0.25) is 0 Å². The summed E-state index contributed by atoms with van der Waals surface area (Å²) in [6.45, 7) is 4.78. The molecule has 0 unspecified atom stereocenters. The van der Waals surface area contributed by atoms with E-state index in [2.05, 4.69) is 21.6 Å².